The van der Waals surface area contributed by atoms with Crippen molar-refractivity contribution in [1.29, 1.82) is 0 Å². The molecule has 0 aromatic heterocycles. The monoisotopic (exact) mass is 304 g/mol. The lowest BCUT2D eigenvalue weighted by Gasteiger charge is -2.10. The fraction of sp³-hybridized carbons (Fsp3) is 0.364. The lowest BCUT2D eigenvalue weighted by atomic mass is 10.2. The Morgan fingerprint density at radius 3 is 2.53 bits per heavy atom. The van der Waals surface area contributed by atoms with Crippen LogP contribution in [0.3, 0.4) is 0 Å². The molecule has 0 aliphatic carbocycles. The van der Waals surface area contributed by atoms with E-state index in [-0.39, 0.29) is 10.5 Å². The van der Waals surface area contributed by atoms with Crippen molar-refractivity contribution in [3.8, 4) is 0 Å². The van der Waals surface area contributed by atoms with Crippen molar-refractivity contribution in [3.05, 3.63) is 23.8 Å². The van der Waals surface area contributed by atoms with Crippen LogP contribution in [0.25, 0.3) is 0 Å². The Bertz CT molecular complexity index is 570. The highest BCUT2D eigenvalue weighted by Crippen LogP contribution is 2.25. The first-order valence-corrected chi connectivity index (χ1v) is 7.92. The van der Waals surface area contributed by atoms with Crippen molar-refractivity contribution in [3.63, 3.8) is 0 Å². The van der Waals surface area contributed by atoms with E-state index in [0.717, 1.165) is 12.6 Å². The van der Waals surface area contributed by atoms with E-state index in [0.29, 0.717) is 10.6 Å². The van der Waals surface area contributed by atoms with Gasteiger partial charge in [-0.1, -0.05) is 0 Å². The molecule has 0 spiro atoms. The summed E-state index contributed by atoms with van der Waals surface area (Å²) in [7, 11) is -0.0516. The van der Waals surface area contributed by atoms with Crippen LogP contribution in [0.5, 0.6) is 0 Å². The van der Waals surface area contributed by atoms with E-state index in [1.54, 1.807) is 0 Å². The van der Waals surface area contributed by atoms with Gasteiger partial charge in [-0.3, -0.25) is 0 Å². The molecule has 0 bridgehead atoms. The predicted molar refractivity (Wildman–Crippen MR) is 74.1 cm³/mol. The molecule has 1 rings (SSSR count). The summed E-state index contributed by atoms with van der Waals surface area (Å²) in [6, 6.07) is 3.89. The number of carboxylic acids is 1. The van der Waals surface area contributed by atoms with Gasteiger partial charge in [-0.15, -0.1) is 11.8 Å². The third kappa shape index (κ3) is 4.83. The van der Waals surface area contributed by atoms with E-state index < -0.39 is 16.0 Å². The first-order chi connectivity index (χ1) is 8.71. The number of hydrogen-bond donors (Lipinski definition) is 2. The van der Waals surface area contributed by atoms with E-state index in [1.165, 1.54) is 23.9 Å². The number of thioether (sulfide) groups is 1. The van der Waals surface area contributed by atoms with Crippen molar-refractivity contribution in [2.45, 2.75) is 9.79 Å². The molecule has 1 aromatic rings. The molecule has 0 saturated heterocycles. The average molecular weight is 304 g/mol. The molecule has 0 saturated carbocycles. The van der Waals surface area contributed by atoms with Crippen LogP contribution in [-0.4, -0.2) is 50.8 Å². The van der Waals surface area contributed by atoms with Gasteiger partial charge in [0.25, 0.3) is 0 Å². The van der Waals surface area contributed by atoms with Crippen LogP contribution in [-0.2, 0) is 10.0 Å². The molecular weight excluding hydrogens is 288 g/mol. The Hall–Kier alpha value is -1.09. The highest BCUT2D eigenvalue weighted by molar-refractivity contribution is 7.99. The second-order valence-electron chi connectivity index (χ2n) is 4.16. The van der Waals surface area contributed by atoms with Gasteiger partial charge in [-0.2, -0.15) is 0 Å². The van der Waals surface area contributed by atoms with Gasteiger partial charge in [0.05, 0.1) is 10.5 Å². The maximum atomic E-state index is 11.2. The average Bonchev–Trinajstić information content (AvgIpc) is 2.27. The first kappa shape index (κ1) is 16.0. The lowest BCUT2D eigenvalue weighted by Crippen LogP contribution is -2.15. The van der Waals surface area contributed by atoms with Gasteiger partial charge in [-0.05, 0) is 32.3 Å². The third-order valence-electron chi connectivity index (χ3n) is 2.31. The fourth-order valence-corrected chi connectivity index (χ4v) is 3.00. The molecule has 6 nitrogen and oxygen atoms in total. The molecule has 0 amide bonds. The van der Waals surface area contributed by atoms with Crippen molar-refractivity contribution in [2.24, 2.45) is 5.14 Å². The Morgan fingerprint density at radius 1 is 1.42 bits per heavy atom. The summed E-state index contributed by atoms with van der Waals surface area (Å²) in [6.45, 7) is 0.792. The highest BCUT2D eigenvalue weighted by atomic mass is 32.2. The number of carbonyl (C=O) groups is 1. The lowest BCUT2D eigenvalue weighted by molar-refractivity contribution is 0.0693. The van der Waals surface area contributed by atoms with E-state index >= 15 is 0 Å². The number of carboxylic acid groups (broad SMARTS) is 1. The van der Waals surface area contributed by atoms with E-state index in [9.17, 15) is 13.2 Å². The summed E-state index contributed by atoms with van der Waals surface area (Å²) in [4.78, 5) is 13.5. The maximum Gasteiger partial charge on any atom is 0.336 e. The van der Waals surface area contributed by atoms with Gasteiger partial charge in [0, 0.05) is 17.2 Å². The van der Waals surface area contributed by atoms with Gasteiger partial charge in [0.2, 0.25) is 10.0 Å². The molecule has 1 aromatic carbocycles. The first-order valence-electron chi connectivity index (χ1n) is 5.39. The van der Waals surface area contributed by atoms with Crippen LogP contribution in [0.15, 0.2) is 28.0 Å². The molecule has 0 heterocycles. The van der Waals surface area contributed by atoms with Crippen LogP contribution in [0.1, 0.15) is 10.4 Å². The Morgan fingerprint density at radius 2 is 2.05 bits per heavy atom. The van der Waals surface area contributed by atoms with Crippen LogP contribution in [0, 0.1) is 0 Å². The topological polar surface area (TPSA) is 101 Å². The largest absolute Gasteiger partial charge is 0.478 e. The summed E-state index contributed by atoms with van der Waals surface area (Å²) in [6.07, 6.45) is 0. The Balaban J connectivity index is 3.02. The molecule has 19 heavy (non-hydrogen) atoms. The smallest absolute Gasteiger partial charge is 0.336 e. The minimum atomic E-state index is -3.89. The van der Waals surface area contributed by atoms with Crippen LogP contribution >= 0.6 is 11.8 Å². The molecule has 0 unspecified atom stereocenters. The second kappa shape index (κ2) is 6.38. The van der Waals surface area contributed by atoms with Crippen molar-refractivity contribution in [2.75, 3.05) is 26.4 Å². The summed E-state index contributed by atoms with van der Waals surface area (Å²) in [5.41, 5.74) is -0.0460. The summed E-state index contributed by atoms with van der Waals surface area (Å²) in [5.74, 6) is -0.458. The van der Waals surface area contributed by atoms with Gasteiger partial charge >= 0.3 is 5.97 Å². The van der Waals surface area contributed by atoms with Crippen LogP contribution in [0.2, 0.25) is 0 Å². The SMILES string of the molecule is CN(C)CCSc1ccc(S(N)(=O)=O)cc1C(=O)O. The molecule has 0 fully saturated rings. The number of nitrogens with zero attached hydrogens (tertiary/aromatic N) is 1. The number of hydrogen-bond acceptors (Lipinski definition) is 5. The molecule has 3 N–H and O–H groups in total. The molecular formula is C11H16N2O4S2. The summed E-state index contributed by atoms with van der Waals surface area (Å²) >= 11 is 1.36. The van der Waals surface area contributed by atoms with E-state index in [2.05, 4.69) is 0 Å². The zero-order valence-electron chi connectivity index (χ0n) is 10.7. The standard InChI is InChI=1S/C11H16N2O4S2/c1-13(2)5-6-18-10-4-3-8(19(12,16)17)7-9(10)11(14)15/h3-4,7H,5-6H2,1-2H3,(H,14,15)(H2,12,16,17). The molecule has 0 aliphatic rings. The summed E-state index contributed by atoms with van der Waals surface area (Å²) < 4.78 is 22.4. The van der Waals surface area contributed by atoms with Crippen LogP contribution < -0.4 is 5.14 Å². The van der Waals surface area contributed by atoms with Crippen molar-refractivity contribution >= 4 is 27.8 Å². The normalized spacial score (nSPS) is 11.8. The summed E-state index contributed by atoms with van der Waals surface area (Å²) in [5, 5.41) is 14.1. The van der Waals surface area contributed by atoms with Crippen molar-refractivity contribution in [1.82, 2.24) is 4.90 Å². The van der Waals surface area contributed by atoms with E-state index in [4.69, 9.17) is 10.2 Å². The van der Waals surface area contributed by atoms with Gasteiger partial charge < -0.3 is 10.0 Å². The molecule has 0 atom stereocenters. The van der Waals surface area contributed by atoms with Gasteiger partial charge in [0.1, 0.15) is 0 Å². The number of sulfonamides is 1. The molecule has 0 aliphatic heterocycles. The quantitative estimate of drug-likeness (QED) is 0.750. The predicted octanol–water partition coefficient (Wildman–Crippen LogP) is 0.686. The second-order valence-corrected chi connectivity index (χ2v) is 6.86. The molecule has 0 radical (unpaired) electrons. The maximum absolute atomic E-state index is 11.2. The minimum absolute atomic E-state index is 0.0460. The van der Waals surface area contributed by atoms with Gasteiger partial charge in [-0.25, -0.2) is 18.4 Å². The van der Waals surface area contributed by atoms with Gasteiger partial charge in [0.15, 0.2) is 0 Å². The Labute approximate surface area is 116 Å². The van der Waals surface area contributed by atoms with E-state index in [1.807, 2.05) is 19.0 Å². The number of aromatic carboxylic acids is 1. The third-order valence-corrected chi connectivity index (χ3v) is 4.27. The number of benzene rings is 1. The number of nitrogens with two attached hydrogens (primary N) is 1. The Kier molecular flexibility index (Phi) is 5.36. The minimum Gasteiger partial charge on any atom is -0.478 e. The zero-order valence-corrected chi connectivity index (χ0v) is 12.3. The molecule has 8 heteroatoms. The van der Waals surface area contributed by atoms with Crippen LogP contribution in [0.4, 0.5) is 0 Å². The molecule has 106 valence electrons. The number of primary sulfonamides is 1. The zero-order chi connectivity index (χ0) is 14.6. The number of rotatable bonds is 6. The fourth-order valence-electron chi connectivity index (χ4n) is 1.32. The highest BCUT2D eigenvalue weighted by Gasteiger charge is 2.16. The van der Waals surface area contributed by atoms with Crippen molar-refractivity contribution < 1.29 is 18.3 Å².